The van der Waals surface area contributed by atoms with Gasteiger partial charge in [-0.25, -0.2) is 9.97 Å². The summed E-state index contributed by atoms with van der Waals surface area (Å²) in [7, 11) is 0. The predicted octanol–water partition coefficient (Wildman–Crippen LogP) is 5.57. The molecule has 0 unspecified atom stereocenters. The molecule has 0 aliphatic carbocycles. The van der Waals surface area contributed by atoms with Crippen molar-refractivity contribution in [2.24, 2.45) is 0 Å². The first-order valence-corrected chi connectivity index (χ1v) is 10.6. The smallest absolute Gasteiger partial charge is 0.321 e. The highest BCUT2D eigenvalue weighted by atomic mass is 35.5. The molecule has 6 nitrogen and oxygen atoms in total. The van der Waals surface area contributed by atoms with Crippen LogP contribution in [-0.4, -0.2) is 29.1 Å². The average Bonchev–Trinajstić information content (AvgIpc) is 2.77. The first-order valence-electron chi connectivity index (χ1n) is 9.88. The average molecular weight is 458 g/mol. The Hall–Kier alpha value is -2.67. The number of carbonyl (C=O) groups is 1. The number of hydrogen-bond acceptors (Lipinski definition) is 5. The van der Waals surface area contributed by atoms with E-state index >= 15 is 0 Å². The summed E-state index contributed by atoms with van der Waals surface area (Å²) >= 11 is 12.6. The van der Waals surface area contributed by atoms with Crippen molar-refractivity contribution in [1.82, 2.24) is 9.97 Å². The number of halogens is 2. The molecule has 1 fully saturated rings. The Labute approximate surface area is 190 Å². The maximum atomic E-state index is 13.5. The maximum Gasteiger partial charge on any atom is 0.321 e. The molecule has 1 N–H and O–H groups in total. The van der Waals surface area contributed by atoms with E-state index in [1.807, 2.05) is 25.1 Å². The number of hydrogen-bond donors (Lipinski definition) is 1. The lowest BCUT2D eigenvalue weighted by molar-refractivity contribution is -0.125. The van der Waals surface area contributed by atoms with Crippen LogP contribution in [0.2, 0.25) is 10.0 Å². The van der Waals surface area contributed by atoms with Gasteiger partial charge in [0, 0.05) is 41.3 Å². The van der Waals surface area contributed by atoms with Gasteiger partial charge in [0.2, 0.25) is 5.91 Å². The van der Waals surface area contributed by atoms with Gasteiger partial charge >= 0.3 is 6.01 Å². The second-order valence-electron chi connectivity index (χ2n) is 7.38. The van der Waals surface area contributed by atoms with Crippen LogP contribution in [0.3, 0.4) is 0 Å². The van der Waals surface area contributed by atoms with Crippen molar-refractivity contribution in [3.63, 3.8) is 0 Å². The zero-order valence-corrected chi connectivity index (χ0v) is 18.4. The summed E-state index contributed by atoms with van der Waals surface area (Å²) in [6, 6.07) is 12.7. The van der Waals surface area contributed by atoms with Crippen LogP contribution < -0.4 is 10.1 Å². The first-order chi connectivity index (χ1) is 15.0. The molecule has 0 radical (unpaired) electrons. The molecule has 8 heteroatoms. The van der Waals surface area contributed by atoms with E-state index in [9.17, 15) is 4.79 Å². The minimum Gasteiger partial charge on any atom is -0.424 e. The van der Waals surface area contributed by atoms with E-state index in [1.54, 1.807) is 36.7 Å². The molecule has 1 saturated heterocycles. The SMILES string of the molecule is Cc1cc(Oc2ncccn2)ccc1NC(=O)C1(c2ccc(Cl)cc2Cl)CCOCC1. The zero-order valence-electron chi connectivity index (χ0n) is 16.9. The monoisotopic (exact) mass is 457 g/mol. The largest absolute Gasteiger partial charge is 0.424 e. The fourth-order valence-corrected chi connectivity index (χ4v) is 4.33. The fraction of sp³-hybridized carbons (Fsp3) is 0.261. The Balaban J connectivity index is 1.59. The summed E-state index contributed by atoms with van der Waals surface area (Å²) in [5.74, 6) is 0.464. The van der Waals surface area contributed by atoms with Crippen molar-refractivity contribution in [2.45, 2.75) is 25.2 Å². The Morgan fingerprint density at radius 2 is 1.84 bits per heavy atom. The van der Waals surface area contributed by atoms with Gasteiger partial charge in [0.25, 0.3) is 0 Å². The lowest BCUT2D eigenvalue weighted by Gasteiger charge is -2.37. The van der Waals surface area contributed by atoms with Crippen LogP contribution in [0.5, 0.6) is 11.8 Å². The van der Waals surface area contributed by atoms with Gasteiger partial charge in [0.05, 0.1) is 5.41 Å². The van der Waals surface area contributed by atoms with Gasteiger partial charge < -0.3 is 14.8 Å². The number of anilines is 1. The van der Waals surface area contributed by atoms with Crippen LogP contribution in [0.1, 0.15) is 24.0 Å². The van der Waals surface area contributed by atoms with Crippen molar-refractivity contribution < 1.29 is 14.3 Å². The molecule has 31 heavy (non-hydrogen) atoms. The standard InChI is InChI=1S/C23H21Cl2N3O3/c1-15-13-17(31-22-26-9-2-10-27-22)4-6-20(15)28-21(29)23(7-11-30-12-8-23)18-5-3-16(24)14-19(18)25/h2-6,9-10,13-14H,7-8,11-12H2,1H3,(H,28,29). The van der Waals surface area contributed by atoms with Gasteiger partial charge in [-0.15, -0.1) is 0 Å². The van der Waals surface area contributed by atoms with Crippen LogP contribution in [0.25, 0.3) is 0 Å². The molecule has 2 heterocycles. The molecule has 0 bridgehead atoms. The molecule has 3 aromatic rings. The molecule has 1 aromatic heterocycles. The molecule has 2 aromatic carbocycles. The summed E-state index contributed by atoms with van der Waals surface area (Å²) in [4.78, 5) is 21.7. The summed E-state index contributed by atoms with van der Waals surface area (Å²) < 4.78 is 11.2. The molecule has 0 atom stereocenters. The van der Waals surface area contributed by atoms with Gasteiger partial charge in [-0.3, -0.25) is 4.79 Å². The van der Waals surface area contributed by atoms with E-state index in [0.29, 0.717) is 47.5 Å². The number of rotatable bonds is 5. The predicted molar refractivity (Wildman–Crippen MR) is 120 cm³/mol. The quantitative estimate of drug-likeness (QED) is 0.541. The van der Waals surface area contributed by atoms with E-state index in [2.05, 4.69) is 15.3 Å². The number of aryl methyl sites for hydroxylation is 1. The summed E-state index contributed by atoms with van der Waals surface area (Å²) in [5, 5.41) is 4.09. The van der Waals surface area contributed by atoms with Crippen molar-refractivity contribution in [3.05, 3.63) is 76.0 Å². The highest BCUT2D eigenvalue weighted by molar-refractivity contribution is 6.35. The minimum atomic E-state index is -0.792. The van der Waals surface area contributed by atoms with Gasteiger partial charge in [-0.1, -0.05) is 29.3 Å². The molecular formula is C23H21Cl2N3O3. The number of nitrogens with zero attached hydrogens (tertiary/aromatic N) is 2. The highest BCUT2D eigenvalue weighted by Crippen LogP contribution is 2.41. The maximum absolute atomic E-state index is 13.5. The van der Waals surface area contributed by atoms with Crippen molar-refractivity contribution in [3.8, 4) is 11.8 Å². The molecule has 1 aliphatic heterocycles. The summed E-state index contributed by atoms with van der Waals surface area (Å²) in [6.07, 6.45) is 4.29. The van der Waals surface area contributed by atoms with E-state index in [-0.39, 0.29) is 11.9 Å². The van der Waals surface area contributed by atoms with E-state index in [0.717, 1.165) is 11.1 Å². The molecule has 1 aliphatic rings. The summed E-state index contributed by atoms with van der Waals surface area (Å²) in [5.41, 5.74) is 1.52. The molecule has 160 valence electrons. The van der Waals surface area contributed by atoms with Crippen molar-refractivity contribution in [1.29, 1.82) is 0 Å². The second-order valence-corrected chi connectivity index (χ2v) is 8.23. The van der Waals surface area contributed by atoms with Crippen LogP contribution >= 0.6 is 23.2 Å². The van der Waals surface area contributed by atoms with Gasteiger partial charge in [-0.2, -0.15) is 0 Å². The van der Waals surface area contributed by atoms with E-state index in [1.165, 1.54) is 0 Å². The van der Waals surface area contributed by atoms with Crippen molar-refractivity contribution >= 4 is 34.8 Å². The third-order valence-electron chi connectivity index (χ3n) is 5.42. The number of aromatic nitrogens is 2. The Morgan fingerprint density at radius 3 is 2.52 bits per heavy atom. The number of benzene rings is 2. The Kier molecular flexibility index (Phi) is 6.41. The zero-order chi connectivity index (χ0) is 21.8. The topological polar surface area (TPSA) is 73.3 Å². The highest BCUT2D eigenvalue weighted by Gasteiger charge is 2.43. The van der Waals surface area contributed by atoms with E-state index < -0.39 is 5.41 Å². The second kappa shape index (κ2) is 9.22. The first kappa shape index (κ1) is 21.6. The van der Waals surface area contributed by atoms with Crippen LogP contribution in [0.4, 0.5) is 5.69 Å². The third kappa shape index (κ3) is 4.66. The molecule has 1 amide bonds. The molecule has 4 rings (SSSR count). The van der Waals surface area contributed by atoms with Crippen LogP contribution in [-0.2, 0) is 14.9 Å². The van der Waals surface area contributed by atoms with E-state index in [4.69, 9.17) is 32.7 Å². The fourth-order valence-electron chi connectivity index (χ4n) is 3.74. The summed E-state index contributed by atoms with van der Waals surface area (Å²) in [6.45, 7) is 2.87. The minimum absolute atomic E-state index is 0.122. The lowest BCUT2D eigenvalue weighted by Crippen LogP contribution is -2.45. The Morgan fingerprint density at radius 1 is 1.10 bits per heavy atom. The number of nitrogens with one attached hydrogen (secondary N) is 1. The molecular weight excluding hydrogens is 437 g/mol. The molecule has 0 spiro atoms. The normalized spacial score (nSPS) is 15.3. The molecule has 0 saturated carbocycles. The van der Waals surface area contributed by atoms with Crippen molar-refractivity contribution in [2.75, 3.05) is 18.5 Å². The number of amides is 1. The van der Waals surface area contributed by atoms with Gasteiger partial charge in [-0.05, 0) is 67.3 Å². The van der Waals surface area contributed by atoms with Gasteiger partial charge in [0.15, 0.2) is 0 Å². The number of carbonyl (C=O) groups excluding carboxylic acids is 1. The van der Waals surface area contributed by atoms with Crippen LogP contribution in [0.15, 0.2) is 54.9 Å². The Bertz CT molecular complexity index is 1090. The number of ether oxygens (including phenoxy) is 2. The van der Waals surface area contributed by atoms with Crippen LogP contribution in [0, 0.1) is 6.92 Å². The lowest BCUT2D eigenvalue weighted by atomic mass is 9.73. The third-order valence-corrected chi connectivity index (χ3v) is 5.97. The van der Waals surface area contributed by atoms with Gasteiger partial charge in [0.1, 0.15) is 5.75 Å².